The van der Waals surface area contributed by atoms with E-state index in [4.69, 9.17) is 11.6 Å². The van der Waals surface area contributed by atoms with Gasteiger partial charge in [-0.05, 0) is 30.5 Å². The van der Waals surface area contributed by atoms with Gasteiger partial charge in [0.05, 0.1) is 12.6 Å². The van der Waals surface area contributed by atoms with Gasteiger partial charge in [-0.2, -0.15) is 0 Å². The Hall–Kier alpha value is -1.14. The minimum Gasteiger partial charge on any atom is -0.394 e. The molecule has 1 heterocycles. The first kappa shape index (κ1) is 19.6. The molecule has 0 aromatic heterocycles. The molecular formula is C20H30ClN3O2. The number of nitrogens with zero attached hydrogens (tertiary/aromatic N) is 2. The van der Waals surface area contributed by atoms with E-state index in [2.05, 4.69) is 15.1 Å². The molecule has 0 bridgehead atoms. The monoisotopic (exact) mass is 379 g/mol. The van der Waals surface area contributed by atoms with Crippen LogP contribution in [0.25, 0.3) is 0 Å². The number of aliphatic hydroxyl groups is 1. The van der Waals surface area contributed by atoms with E-state index in [9.17, 15) is 9.90 Å². The number of carbonyl (C=O) groups excluding carboxylic acids is 1. The van der Waals surface area contributed by atoms with E-state index in [1.54, 1.807) is 0 Å². The summed E-state index contributed by atoms with van der Waals surface area (Å²) in [5, 5.41) is 13.7. The van der Waals surface area contributed by atoms with Crippen LogP contribution in [0.1, 0.15) is 37.3 Å². The molecule has 2 N–H and O–H groups in total. The summed E-state index contributed by atoms with van der Waals surface area (Å²) >= 11 is 6.09. The van der Waals surface area contributed by atoms with Gasteiger partial charge in [-0.15, -0.1) is 0 Å². The molecule has 3 rings (SSSR count). The summed E-state index contributed by atoms with van der Waals surface area (Å²) in [4.78, 5) is 16.8. The highest BCUT2D eigenvalue weighted by Crippen LogP contribution is 2.25. The second-order valence-corrected chi connectivity index (χ2v) is 7.84. The Morgan fingerprint density at radius 1 is 1.23 bits per heavy atom. The van der Waals surface area contributed by atoms with Crippen molar-refractivity contribution in [2.24, 2.45) is 5.92 Å². The molecule has 2 aliphatic rings. The van der Waals surface area contributed by atoms with Crippen molar-refractivity contribution in [3.05, 3.63) is 34.9 Å². The molecular weight excluding hydrogens is 350 g/mol. The van der Waals surface area contributed by atoms with Crippen LogP contribution in [0.5, 0.6) is 0 Å². The number of hydrogen-bond acceptors (Lipinski definition) is 4. The number of halogens is 1. The van der Waals surface area contributed by atoms with Gasteiger partial charge in [0.15, 0.2) is 0 Å². The second-order valence-electron chi connectivity index (χ2n) is 7.40. The van der Waals surface area contributed by atoms with Crippen molar-refractivity contribution in [3.63, 3.8) is 0 Å². The lowest BCUT2D eigenvalue weighted by Gasteiger charge is -2.39. The van der Waals surface area contributed by atoms with E-state index in [1.165, 1.54) is 12.8 Å². The molecule has 1 aromatic rings. The summed E-state index contributed by atoms with van der Waals surface area (Å²) < 4.78 is 0. The highest BCUT2D eigenvalue weighted by Gasteiger charge is 2.25. The van der Waals surface area contributed by atoms with Gasteiger partial charge in [-0.3, -0.25) is 14.6 Å². The molecule has 144 valence electrons. The van der Waals surface area contributed by atoms with Gasteiger partial charge in [-0.25, -0.2) is 0 Å². The van der Waals surface area contributed by atoms with E-state index in [0.29, 0.717) is 5.02 Å². The van der Waals surface area contributed by atoms with Crippen molar-refractivity contribution in [1.29, 1.82) is 0 Å². The SMILES string of the molecule is O=C(NCCN1CCN(C(CO)c2cccc(Cl)c2)CC1)C1CCCC1. The van der Waals surface area contributed by atoms with E-state index in [-0.39, 0.29) is 24.5 Å². The van der Waals surface area contributed by atoms with E-state index in [1.807, 2.05) is 24.3 Å². The molecule has 1 aliphatic heterocycles. The molecule has 1 atom stereocenters. The average Bonchev–Trinajstić information content (AvgIpc) is 3.18. The van der Waals surface area contributed by atoms with Crippen molar-refractivity contribution < 1.29 is 9.90 Å². The molecule has 1 saturated heterocycles. The van der Waals surface area contributed by atoms with Crippen LogP contribution in [0, 0.1) is 5.92 Å². The molecule has 1 unspecified atom stereocenters. The molecule has 26 heavy (non-hydrogen) atoms. The Labute approximate surface area is 161 Å². The fourth-order valence-electron chi connectivity index (χ4n) is 4.11. The topological polar surface area (TPSA) is 55.8 Å². The Kier molecular flexibility index (Phi) is 7.32. The van der Waals surface area contributed by atoms with E-state index < -0.39 is 0 Å². The number of nitrogens with one attached hydrogen (secondary N) is 1. The van der Waals surface area contributed by atoms with Gasteiger partial charge in [0.1, 0.15) is 0 Å². The Morgan fingerprint density at radius 3 is 2.62 bits per heavy atom. The minimum atomic E-state index is -0.00193. The standard InChI is InChI=1S/C20H30ClN3O2/c21-18-7-3-6-17(14-18)19(15-25)24-12-10-23(11-13-24)9-8-22-20(26)16-4-1-2-5-16/h3,6-7,14,16,19,25H,1-2,4-5,8-13,15H2,(H,22,26). The van der Waals surface area contributed by atoms with Crippen LogP contribution in [-0.2, 0) is 4.79 Å². The van der Waals surface area contributed by atoms with Crippen molar-refractivity contribution in [1.82, 2.24) is 15.1 Å². The first-order chi connectivity index (χ1) is 12.7. The first-order valence-corrected chi connectivity index (χ1v) is 10.2. The van der Waals surface area contributed by atoms with Gasteiger partial charge in [-0.1, -0.05) is 36.6 Å². The van der Waals surface area contributed by atoms with E-state index >= 15 is 0 Å². The quantitative estimate of drug-likeness (QED) is 0.763. The number of piperazine rings is 1. The zero-order valence-corrected chi connectivity index (χ0v) is 16.1. The summed E-state index contributed by atoms with van der Waals surface area (Å²) in [7, 11) is 0. The summed E-state index contributed by atoms with van der Waals surface area (Å²) in [6, 6.07) is 7.75. The third kappa shape index (κ3) is 5.19. The molecule has 0 radical (unpaired) electrons. The Bertz CT molecular complexity index is 584. The predicted molar refractivity (Wildman–Crippen MR) is 104 cm³/mol. The van der Waals surface area contributed by atoms with Gasteiger partial charge < -0.3 is 10.4 Å². The Balaban J connectivity index is 1.41. The van der Waals surface area contributed by atoms with Gasteiger partial charge in [0.25, 0.3) is 0 Å². The molecule has 0 spiro atoms. The maximum atomic E-state index is 12.1. The number of benzene rings is 1. The third-order valence-corrected chi connectivity index (χ3v) is 5.94. The van der Waals surface area contributed by atoms with Crippen LogP contribution in [0.15, 0.2) is 24.3 Å². The average molecular weight is 380 g/mol. The summed E-state index contributed by atoms with van der Waals surface area (Å²) in [6.07, 6.45) is 4.49. The van der Waals surface area contributed by atoms with Crippen molar-refractivity contribution >= 4 is 17.5 Å². The smallest absolute Gasteiger partial charge is 0.223 e. The number of rotatable bonds is 7. The maximum Gasteiger partial charge on any atom is 0.223 e. The second kappa shape index (κ2) is 9.70. The molecule has 5 nitrogen and oxygen atoms in total. The largest absolute Gasteiger partial charge is 0.394 e. The Morgan fingerprint density at radius 2 is 1.96 bits per heavy atom. The lowest BCUT2D eigenvalue weighted by atomic mass is 10.1. The zero-order valence-electron chi connectivity index (χ0n) is 15.4. The van der Waals surface area contributed by atoms with Gasteiger partial charge >= 0.3 is 0 Å². The number of carbonyl (C=O) groups is 1. The molecule has 1 saturated carbocycles. The van der Waals surface area contributed by atoms with Crippen LogP contribution in [0.2, 0.25) is 5.02 Å². The highest BCUT2D eigenvalue weighted by molar-refractivity contribution is 6.30. The third-order valence-electron chi connectivity index (χ3n) is 5.71. The molecule has 1 amide bonds. The van der Waals surface area contributed by atoms with Crippen LogP contribution in [0.3, 0.4) is 0 Å². The van der Waals surface area contributed by atoms with Crippen LogP contribution >= 0.6 is 11.6 Å². The molecule has 2 fully saturated rings. The van der Waals surface area contributed by atoms with Crippen molar-refractivity contribution in [2.75, 3.05) is 45.9 Å². The van der Waals surface area contributed by atoms with Crippen molar-refractivity contribution in [3.8, 4) is 0 Å². The van der Waals surface area contributed by atoms with Crippen LogP contribution < -0.4 is 5.32 Å². The lowest BCUT2D eigenvalue weighted by molar-refractivity contribution is -0.124. The normalized spacial score (nSPS) is 21.0. The first-order valence-electron chi connectivity index (χ1n) is 9.78. The highest BCUT2D eigenvalue weighted by atomic mass is 35.5. The van der Waals surface area contributed by atoms with Gasteiger partial charge in [0.2, 0.25) is 5.91 Å². The molecule has 6 heteroatoms. The molecule has 1 aliphatic carbocycles. The predicted octanol–water partition coefficient (Wildman–Crippen LogP) is 2.30. The van der Waals surface area contributed by atoms with Gasteiger partial charge in [0, 0.05) is 50.2 Å². The summed E-state index contributed by atoms with van der Waals surface area (Å²) in [5.41, 5.74) is 1.07. The van der Waals surface area contributed by atoms with Crippen LogP contribution in [0.4, 0.5) is 0 Å². The summed E-state index contributed by atoms with van der Waals surface area (Å²) in [5.74, 6) is 0.484. The van der Waals surface area contributed by atoms with E-state index in [0.717, 1.165) is 57.7 Å². The van der Waals surface area contributed by atoms with Crippen molar-refractivity contribution in [2.45, 2.75) is 31.7 Å². The number of amides is 1. The molecule has 1 aromatic carbocycles. The number of hydrogen-bond donors (Lipinski definition) is 2. The fraction of sp³-hybridized carbons (Fsp3) is 0.650. The fourth-order valence-corrected chi connectivity index (χ4v) is 4.31. The number of aliphatic hydroxyl groups excluding tert-OH is 1. The van der Waals surface area contributed by atoms with Crippen LogP contribution in [-0.4, -0.2) is 66.7 Å². The zero-order chi connectivity index (χ0) is 18.4. The lowest BCUT2D eigenvalue weighted by Crippen LogP contribution is -2.50. The minimum absolute atomic E-state index is 0.00193. The maximum absolute atomic E-state index is 12.1. The summed E-state index contributed by atoms with van der Waals surface area (Å²) in [6.45, 7) is 5.45.